The van der Waals surface area contributed by atoms with E-state index in [9.17, 15) is 35.5 Å². The van der Waals surface area contributed by atoms with Crippen LogP contribution in [0.25, 0.3) is 44.6 Å². The van der Waals surface area contributed by atoms with Gasteiger partial charge in [-0.05, 0) is 61.4 Å². The lowest BCUT2D eigenvalue weighted by Crippen LogP contribution is -2.24. The Morgan fingerprint density at radius 2 is 0.940 bits per heavy atom. The Morgan fingerprint density at radius 1 is 0.540 bits per heavy atom. The molecule has 0 unspecified atom stereocenters. The summed E-state index contributed by atoms with van der Waals surface area (Å²) in [6.07, 6.45) is 2.43. The van der Waals surface area contributed by atoms with Gasteiger partial charge in [-0.3, -0.25) is 18.7 Å². The van der Waals surface area contributed by atoms with E-state index < -0.39 is 20.8 Å². The maximum Gasteiger partial charge on any atom is 0.262 e. The average Bonchev–Trinajstić information content (AvgIpc) is 3.06. The minimum atomic E-state index is -5.02. The summed E-state index contributed by atoms with van der Waals surface area (Å²) in [6.45, 7) is 0.546. The maximum atomic E-state index is 13.6. The van der Waals surface area contributed by atoms with E-state index in [2.05, 4.69) is 18.3 Å². The molecule has 14 nitrogen and oxygen atoms in total. The van der Waals surface area contributed by atoms with E-state index in [0.29, 0.717) is 58.6 Å². The molecule has 50 heavy (non-hydrogen) atoms. The molecule has 0 amide bonds. The van der Waals surface area contributed by atoms with Gasteiger partial charge < -0.3 is 17.5 Å². The van der Waals surface area contributed by atoms with Crippen LogP contribution in [0.5, 0.6) is 11.5 Å². The monoisotopic (exact) mass is 716 g/mol. The molecule has 2 aromatic heterocycles. The van der Waals surface area contributed by atoms with Gasteiger partial charge in [0, 0.05) is 24.2 Å². The Labute approximate surface area is 286 Å². The topological polar surface area (TPSA) is 203 Å². The Morgan fingerprint density at radius 3 is 1.34 bits per heavy atom. The first kappa shape index (κ1) is 34.4. The van der Waals surface area contributed by atoms with Gasteiger partial charge in [0.15, 0.2) is 0 Å². The predicted molar refractivity (Wildman–Crippen MR) is 182 cm³/mol. The lowest BCUT2D eigenvalue weighted by atomic mass is 10.1. The Bertz CT molecular complexity index is 2390. The predicted octanol–water partition coefficient (Wildman–Crippen LogP) is 4.38. The number of unbranched alkanes of at least 4 members (excludes halogenated alkanes) is 3. The summed E-state index contributed by atoms with van der Waals surface area (Å²) in [5.41, 5.74) is 1.08. The number of fused-ring (bicyclic) bond motifs is 2. The van der Waals surface area contributed by atoms with E-state index in [1.807, 2.05) is 0 Å². The van der Waals surface area contributed by atoms with Gasteiger partial charge in [0.25, 0.3) is 31.9 Å². The van der Waals surface area contributed by atoms with Crippen LogP contribution in [0.2, 0.25) is 0 Å². The average molecular weight is 717 g/mol. The standard InChI is InChI=1S/C34H30N4O10S2/c39-33-27-15-3-5-17-29(27)35-31(23-11-9-13-25(21-23)47-49(41,42)43)37(33)19-7-1-2-8-20-38-32(36-30-18-6-4-16-28(30)34(38)40)24-12-10-14-26(22-24)48-50(44,45)46/h3-6,9-18,21-22H,1-2,7-8,19-20H2,(H,41,42,43)(H,44,45,46)/p-2. The van der Waals surface area contributed by atoms with Crippen molar-refractivity contribution in [3.05, 3.63) is 118 Å². The first-order chi connectivity index (χ1) is 23.9. The van der Waals surface area contributed by atoms with Crippen molar-refractivity contribution >= 4 is 42.6 Å². The molecule has 0 radical (unpaired) electrons. The summed E-state index contributed by atoms with van der Waals surface area (Å²) in [7, 11) is -10.0. The molecule has 258 valence electrons. The molecule has 16 heteroatoms. The number of nitrogens with zero attached hydrogens (tertiary/aromatic N) is 4. The lowest BCUT2D eigenvalue weighted by molar-refractivity contribution is 0.370. The molecule has 0 spiro atoms. The number of hydrogen-bond donors (Lipinski definition) is 0. The highest BCUT2D eigenvalue weighted by Gasteiger charge is 2.16. The molecule has 4 aromatic carbocycles. The van der Waals surface area contributed by atoms with Crippen LogP contribution in [-0.4, -0.2) is 45.0 Å². The molecule has 0 bridgehead atoms. The van der Waals surface area contributed by atoms with Crippen molar-refractivity contribution in [1.29, 1.82) is 0 Å². The zero-order valence-corrected chi connectivity index (χ0v) is 27.8. The third-order valence-electron chi connectivity index (χ3n) is 7.82. The van der Waals surface area contributed by atoms with Crippen molar-refractivity contribution in [2.45, 2.75) is 38.8 Å². The van der Waals surface area contributed by atoms with Gasteiger partial charge >= 0.3 is 0 Å². The second kappa shape index (κ2) is 14.2. The summed E-state index contributed by atoms with van der Waals surface area (Å²) < 4.78 is 79.1. The summed E-state index contributed by atoms with van der Waals surface area (Å²) in [5.74, 6) is 0.131. The van der Waals surface area contributed by atoms with Crippen LogP contribution in [0.1, 0.15) is 25.7 Å². The SMILES string of the molecule is O=c1c2ccccc2nc(-c2cccc(OS(=O)(=O)[O-])c2)n1CCCCCCn1c(-c2cccc(OS(=O)(=O)[O-])c2)nc2ccccc2c1=O. The molecule has 6 aromatic rings. The van der Waals surface area contributed by atoms with Gasteiger partial charge in [0.05, 0.1) is 21.8 Å². The van der Waals surface area contributed by atoms with Gasteiger partial charge in [0.1, 0.15) is 23.1 Å². The van der Waals surface area contributed by atoms with E-state index in [-0.39, 0.29) is 47.4 Å². The van der Waals surface area contributed by atoms with Gasteiger partial charge in [-0.25, -0.2) is 26.8 Å². The smallest absolute Gasteiger partial charge is 0.262 e. The Kier molecular flexibility index (Phi) is 9.79. The van der Waals surface area contributed by atoms with Crippen molar-refractivity contribution in [1.82, 2.24) is 19.1 Å². The van der Waals surface area contributed by atoms with Crippen LogP contribution in [0.15, 0.2) is 107 Å². The minimum Gasteiger partial charge on any atom is -0.716 e. The summed E-state index contributed by atoms with van der Waals surface area (Å²) >= 11 is 0. The highest BCUT2D eigenvalue weighted by Crippen LogP contribution is 2.26. The van der Waals surface area contributed by atoms with Crippen LogP contribution in [0.4, 0.5) is 0 Å². The van der Waals surface area contributed by atoms with Crippen molar-refractivity contribution in [2.24, 2.45) is 0 Å². The highest BCUT2D eigenvalue weighted by atomic mass is 32.3. The molecule has 0 saturated heterocycles. The molecule has 0 fully saturated rings. The Hall–Kier alpha value is -5.42. The fraction of sp³-hybridized carbons (Fsp3) is 0.176. The summed E-state index contributed by atoms with van der Waals surface area (Å²) in [4.78, 5) is 36.5. The quantitative estimate of drug-likeness (QED) is 0.0929. The molecule has 0 saturated carbocycles. The zero-order chi connectivity index (χ0) is 35.5. The van der Waals surface area contributed by atoms with Crippen molar-refractivity contribution in [2.75, 3.05) is 0 Å². The number of hydrogen-bond acceptors (Lipinski definition) is 12. The fourth-order valence-corrected chi connectivity index (χ4v) is 6.37. The van der Waals surface area contributed by atoms with Crippen molar-refractivity contribution in [3.63, 3.8) is 0 Å². The highest BCUT2D eigenvalue weighted by molar-refractivity contribution is 7.81. The van der Waals surface area contributed by atoms with Crippen LogP contribution in [-0.2, 0) is 33.9 Å². The third-order valence-corrected chi connectivity index (χ3v) is 8.61. The van der Waals surface area contributed by atoms with E-state index in [0.717, 1.165) is 0 Å². The molecule has 0 aliphatic carbocycles. The van der Waals surface area contributed by atoms with E-state index in [1.165, 1.54) is 45.5 Å². The Balaban J connectivity index is 1.21. The zero-order valence-electron chi connectivity index (χ0n) is 26.2. The van der Waals surface area contributed by atoms with Gasteiger partial charge in [-0.1, -0.05) is 61.4 Å². The molecular weight excluding hydrogens is 689 g/mol. The van der Waals surface area contributed by atoms with Gasteiger partial charge in [-0.2, -0.15) is 0 Å². The molecule has 6 rings (SSSR count). The number of aromatic nitrogens is 4. The fourth-order valence-electron chi connectivity index (χ4n) is 5.69. The summed E-state index contributed by atoms with van der Waals surface area (Å²) in [5, 5.41) is 0.813. The molecule has 0 aliphatic rings. The molecule has 2 heterocycles. The normalized spacial score (nSPS) is 12.0. The van der Waals surface area contributed by atoms with E-state index >= 15 is 0 Å². The first-order valence-electron chi connectivity index (χ1n) is 15.4. The molecular formula is C34H28N4O10S2-2. The maximum absolute atomic E-state index is 13.6. The van der Waals surface area contributed by atoms with Crippen molar-refractivity contribution < 1.29 is 34.3 Å². The van der Waals surface area contributed by atoms with E-state index in [1.54, 1.807) is 60.7 Å². The lowest BCUT2D eigenvalue weighted by Gasteiger charge is -2.16. The van der Waals surface area contributed by atoms with Gasteiger partial charge in [0.2, 0.25) is 0 Å². The minimum absolute atomic E-state index is 0.209. The largest absolute Gasteiger partial charge is 0.716 e. The number of para-hydroxylation sites is 2. The second-order valence-corrected chi connectivity index (χ2v) is 13.2. The number of benzene rings is 4. The first-order valence-corrected chi connectivity index (χ1v) is 18.0. The molecule has 0 N–H and O–H groups in total. The second-order valence-electron chi connectivity index (χ2n) is 11.3. The van der Waals surface area contributed by atoms with E-state index in [4.69, 9.17) is 0 Å². The van der Waals surface area contributed by atoms with Crippen molar-refractivity contribution in [3.8, 4) is 34.3 Å². The molecule has 0 aliphatic heterocycles. The van der Waals surface area contributed by atoms with Crippen LogP contribution < -0.4 is 19.5 Å². The van der Waals surface area contributed by atoms with Crippen LogP contribution >= 0.6 is 0 Å². The van der Waals surface area contributed by atoms with Gasteiger partial charge in [-0.15, -0.1) is 0 Å². The van der Waals surface area contributed by atoms with Crippen LogP contribution in [0, 0.1) is 0 Å². The summed E-state index contributed by atoms with van der Waals surface area (Å²) in [6, 6.07) is 25.2. The molecule has 0 atom stereocenters. The third kappa shape index (κ3) is 8.06. The van der Waals surface area contributed by atoms with Crippen LogP contribution in [0.3, 0.4) is 0 Å². The number of rotatable bonds is 13.